The molecule has 130 valence electrons. The van der Waals surface area contributed by atoms with Crippen LogP contribution in [0.15, 0.2) is 57.7 Å². The van der Waals surface area contributed by atoms with Gasteiger partial charge < -0.3 is 9.15 Å². The fourth-order valence-electron chi connectivity index (χ4n) is 2.60. The van der Waals surface area contributed by atoms with Gasteiger partial charge in [-0.15, -0.1) is 0 Å². The zero-order valence-corrected chi connectivity index (χ0v) is 13.8. The third-order valence-electron chi connectivity index (χ3n) is 3.84. The van der Waals surface area contributed by atoms with Crippen molar-refractivity contribution in [2.24, 2.45) is 0 Å². The number of ether oxygens (including phenoxy) is 1. The molecular weight excluding hydrogens is 337 g/mol. The Kier molecular flexibility index (Phi) is 3.96. The summed E-state index contributed by atoms with van der Waals surface area (Å²) in [5, 5.41) is 7.06. The van der Waals surface area contributed by atoms with Gasteiger partial charge in [0.15, 0.2) is 11.2 Å². The van der Waals surface area contributed by atoms with Crippen molar-refractivity contribution < 1.29 is 13.5 Å². The summed E-state index contributed by atoms with van der Waals surface area (Å²) in [7, 11) is 0. The van der Waals surface area contributed by atoms with Gasteiger partial charge in [-0.2, -0.15) is 5.10 Å². The van der Waals surface area contributed by atoms with Crippen LogP contribution in [0.5, 0.6) is 5.75 Å². The van der Waals surface area contributed by atoms with Crippen LogP contribution in [-0.2, 0) is 6.61 Å². The Bertz CT molecular complexity index is 1130. The summed E-state index contributed by atoms with van der Waals surface area (Å²) in [6.07, 6.45) is 0. The monoisotopic (exact) mass is 351 g/mol. The van der Waals surface area contributed by atoms with Crippen LogP contribution in [0.2, 0.25) is 0 Å². The molecule has 4 aromatic rings. The first kappa shape index (κ1) is 16.0. The molecule has 0 aliphatic carbocycles. The highest BCUT2D eigenvalue weighted by Crippen LogP contribution is 2.26. The molecular formula is C19H14FN3O3. The maximum atomic E-state index is 13.0. The Morgan fingerprint density at radius 3 is 2.73 bits per heavy atom. The quantitative estimate of drug-likeness (QED) is 0.607. The van der Waals surface area contributed by atoms with E-state index in [2.05, 4.69) is 15.2 Å². The highest BCUT2D eigenvalue weighted by atomic mass is 19.1. The summed E-state index contributed by atoms with van der Waals surface area (Å²) in [6.45, 7) is 1.97. The predicted octanol–water partition coefficient (Wildman–Crippen LogP) is 3.60. The molecule has 0 radical (unpaired) electrons. The van der Waals surface area contributed by atoms with E-state index in [4.69, 9.17) is 9.15 Å². The van der Waals surface area contributed by atoms with Crippen LogP contribution in [0, 0.1) is 12.7 Å². The molecule has 0 saturated carbocycles. The number of hydrogen-bond donors (Lipinski definition) is 1. The Balaban J connectivity index is 1.70. The molecule has 0 bridgehead atoms. The molecule has 0 amide bonds. The van der Waals surface area contributed by atoms with Gasteiger partial charge in [0.05, 0.1) is 0 Å². The fraction of sp³-hybridized carbons (Fsp3) is 0.105. The minimum atomic E-state index is -0.311. The summed E-state index contributed by atoms with van der Waals surface area (Å²) in [5.41, 5.74) is 0.922. The molecule has 2 aromatic heterocycles. The normalized spacial score (nSPS) is 11.0. The first-order valence-corrected chi connectivity index (χ1v) is 7.93. The Hall–Kier alpha value is -3.48. The molecule has 2 heterocycles. The molecule has 0 atom stereocenters. The number of fused-ring (bicyclic) bond motifs is 1. The van der Waals surface area contributed by atoms with Crippen LogP contribution < -0.4 is 10.2 Å². The van der Waals surface area contributed by atoms with Crippen LogP contribution in [-0.4, -0.2) is 15.2 Å². The second kappa shape index (κ2) is 6.44. The number of rotatable bonds is 4. The number of nitrogens with zero attached hydrogens (tertiary/aromatic N) is 2. The smallest absolute Gasteiger partial charge is 0.217 e. The van der Waals surface area contributed by atoms with Gasteiger partial charge in [0.25, 0.3) is 0 Å². The number of benzene rings is 2. The Labute approximate surface area is 147 Å². The average molecular weight is 351 g/mol. The number of H-pyrrole nitrogens is 1. The lowest BCUT2D eigenvalue weighted by Crippen LogP contribution is -2.05. The second-order valence-corrected chi connectivity index (χ2v) is 5.76. The number of aryl methyl sites for hydroxylation is 1. The fourth-order valence-corrected chi connectivity index (χ4v) is 2.60. The molecule has 7 heteroatoms. The van der Waals surface area contributed by atoms with E-state index in [1.165, 1.54) is 18.2 Å². The standard InChI is InChI=1S/C19H14FN3O3/c1-11-21-19(23-22-11)17-9-14(24)18-15(3-2-4-16(18)26-17)25-10-12-5-7-13(20)8-6-12/h2-9H,10H2,1H3,(H,21,22,23). The number of hydrogen-bond acceptors (Lipinski definition) is 5. The molecule has 4 rings (SSSR count). The van der Waals surface area contributed by atoms with Crippen LogP contribution in [0.1, 0.15) is 11.4 Å². The largest absolute Gasteiger partial charge is 0.488 e. The minimum Gasteiger partial charge on any atom is -0.488 e. The van der Waals surface area contributed by atoms with E-state index in [1.807, 2.05) is 0 Å². The lowest BCUT2D eigenvalue weighted by atomic mass is 10.2. The van der Waals surface area contributed by atoms with E-state index >= 15 is 0 Å². The molecule has 0 fully saturated rings. The van der Waals surface area contributed by atoms with Gasteiger partial charge in [0, 0.05) is 6.07 Å². The van der Waals surface area contributed by atoms with E-state index in [-0.39, 0.29) is 23.6 Å². The molecule has 0 spiro atoms. The summed E-state index contributed by atoms with van der Waals surface area (Å²) in [6, 6.07) is 12.4. The number of halogens is 1. The summed E-state index contributed by atoms with van der Waals surface area (Å²) in [4.78, 5) is 16.8. The van der Waals surface area contributed by atoms with E-state index in [1.54, 1.807) is 37.3 Å². The van der Waals surface area contributed by atoms with Gasteiger partial charge in [0.1, 0.15) is 35.0 Å². The number of nitrogens with one attached hydrogen (secondary N) is 1. The van der Waals surface area contributed by atoms with Crippen LogP contribution in [0.25, 0.3) is 22.6 Å². The van der Waals surface area contributed by atoms with E-state index in [0.29, 0.717) is 28.4 Å². The highest BCUT2D eigenvalue weighted by Gasteiger charge is 2.14. The highest BCUT2D eigenvalue weighted by molar-refractivity contribution is 5.84. The maximum Gasteiger partial charge on any atom is 0.217 e. The predicted molar refractivity (Wildman–Crippen MR) is 93.3 cm³/mol. The SMILES string of the molecule is Cc1nc(-c2cc(=O)c3c(OCc4ccc(F)cc4)cccc3o2)n[nH]1. The molecule has 0 saturated heterocycles. The van der Waals surface area contributed by atoms with E-state index in [0.717, 1.165) is 5.56 Å². The van der Waals surface area contributed by atoms with Crippen molar-refractivity contribution in [3.8, 4) is 17.3 Å². The molecule has 0 aliphatic heterocycles. The molecule has 6 nitrogen and oxygen atoms in total. The average Bonchev–Trinajstić information content (AvgIpc) is 3.07. The van der Waals surface area contributed by atoms with Crippen LogP contribution in [0.4, 0.5) is 4.39 Å². The van der Waals surface area contributed by atoms with Crippen molar-refractivity contribution in [1.82, 2.24) is 15.2 Å². The second-order valence-electron chi connectivity index (χ2n) is 5.76. The zero-order valence-electron chi connectivity index (χ0n) is 13.8. The van der Waals surface area contributed by atoms with Crippen molar-refractivity contribution in [2.45, 2.75) is 13.5 Å². The Morgan fingerprint density at radius 1 is 1.19 bits per heavy atom. The molecule has 0 unspecified atom stereocenters. The van der Waals surface area contributed by atoms with Crippen molar-refractivity contribution in [1.29, 1.82) is 0 Å². The van der Waals surface area contributed by atoms with Gasteiger partial charge in [-0.3, -0.25) is 9.89 Å². The van der Waals surface area contributed by atoms with E-state index in [9.17, 15) is 9.18 Å². The van der Waals surface area contributed by atoms with Crippen molar-refractivity contribution in [2.75, 3.05) is 0 Å². The summed E-state index contributed by atoms with van der Waals surface area (Å²) >= 11 is 0. The summed E-state index contributed by atoms with van der Waals surface area (Å²) in [5.74, 6) is 1.31. The van der Waals surface area contributed by atoms with Crippen LogP contribution >= 0.6 is 0 Å². The zero-order chi connectivity index (χ0) is 18.1. The van der Waals surface area contributed by atoms with Gasteiger partial charge in [-0.1, -0.05) is 18.2 Å². The molecule has 2 aromatic carbocycles. The number of aromatic nitrogens is 3. The van der Waals surface area contributed by atoms with Gasteiger partial charge in [-0.25, -0.2) is 9.37 Å². The first-order chi connectivity index (χ1) is 12.6. The first-order valence-electron chi connectivity index (χ1n) is 7.93. The van der Waals surface area contributed by atoms with Crippen molar-refractivity contribution >= 4 is 11.0 Å². The van der Waals surface area contributed by atoms with Crippen molar-refractivity contribution in [3.05, 3.63) is 76.0 Å². The third kappa shape index (κ3) is 3.06. The topological polar surface area (TPSA) is 81.0 Å². The number of aromatic amines is 1. The van der Waals surface area contributed by atoms with Crippen LogP contribution in [0.3, 0.4) is 0 Å². The van der Waals surface area contributed by atoms with E-state index < -0.39 is 0 Å². The molecule has 26 heavy (non-hydrogen) atoms. The molecule has 1 N–H and O–H groups in total. The summed E-state index contributed by atoms with van der Waals surface area (Å²) < 4.78 is 24.5. The minimum absolute atomic E-state index is 0.209. The van der Waals surface area contributed by atoms with Gasteiger partial charge in [-0.05, 0) is 36.8 Å². The van der Waals surface area contributed by atoms with Gasteiger partial charge >= 0.3 is 0 Å². The Morgan fingerprint density at radius 2 is 2.00 bits per heavy atom. The molecule has 0 aliphatic rings. The lowest BCUT2D eigenvalue weighted by Gasteiger charge is -2.09. The van der Waals surface area contributed by atoms with Crippen molar-refractivity contribution in [3.63, 3.8) is 0 Å². The van der Waals surface area contributed by atoms with Gasteiger partial charge in [0.2, 0.25) is 5.82 Å². The lowest BCUT2D eigenvalue weighted by molar-refractivity contribution is 0.309. The maximum absolute atomic E-state index is 13.0. The third-order valence-corrected chi connectivity index (χ3v) is 3.84.